The van der Waals surface area contributed by atoms with E-state index in [0.717, 1.165) is 34.9 Å². The van der Waals surface area contributed by atoms with Gasteiger partial charge >= 0.3 is 13.0 Å². The van der Waals surface area contributed by atoms with Gasteiger partial charge in [-0.25, -0.2) is 8.42 Å². The number of unbranched alkanes of at least 4 members (excludes halogenated alkanes) is 1. The van der Waals surface area contributed by atoms with Crippen LogP contribution in [0.1, 0.15) is 30.9 Å². The summed E-state index contributed by atoms with van der Waals surface area (Å²) in [6.07, 6.45) is 4.25. The molecule has 0 aliphatic carbocycles. The molecule has 2 heterocycles. The normalized spacial score (nSPS) is 17.6. The fraction of sp³-hybridized carbons (Fsp3) is 0.318. The molecule has 0 radical (unpaired) electrons. The van der Waals surface area contributed by atoms with Gasteiger partial charge in [0.2, 0.25) is 10.0 Å². The minimum absolute atomic E-state index is 0.178. The van der Waals surface area contributed by atoms with Gasteiger partial charge in [-0.15, -0.1) is 0 Å². The van der Waals surface area contributed by atoms with Crippen molar-refractivity contribution in [3.63, 3.8) is 0 Å². The lowest BCUT2D eigenvalue weighted by molar-refractivity contribution is -0.134. The number of para-hydroxylation sites is 1. The summed E-state index contributed by atoms with van der Waals surface area (Å²) in [5, 5.41) is 0.981. The first-order valence-electron chi connectivity index (χ1n) is 10.3. The lowest BCUT2D eigenvalue weighted by atomic mass is 9.77. The third kappa shape index (κ3) is 3.77. The van der Waals surface area contributed by atoms with Crippen LogP contribution in [0.5, 0.6) is 0 Å². The Morgan fingerprint density at radius 2 is 1.87 bits per heavy atom. The molecule has 1 N–H and O–H groups in total. The van der Waals surface area contributed by atoms with Gasteiger partial charge in [0.25, 0.3) is 0 Å². The molecule has 2 aromatic carbocycles. The first kappa shape index (κ1) is 20.7. The summed E-state index contributed by atoms with van der Waals surface area (Å²) >= 11 is 0. The van der Waals surface area contributed by atoms with Crippen LogP contribution in [-0.2, 0) is 25.9 Å². The maximum atomic E-state index is 13.6. The van der Waals surface area contributed by atoms with Crippen LogP contribution in [-0.4, -0.2) is 36.7 Å². The van der Waals surface area contributed by atoms with Crippen molar-refractivity contribution in [3.05, 3.63) is 65.9 Å². The molecule has 0 amide bonds. The highest BCUT2D eigenvalue weighted by molar-refractivity contribution is 7.90. The van der Waals surface area contributed by atoms with E-state index in [-0.39, 0.29) is 11.3 Å². The molecule has 0 bridgehead atoms. The van der Waals surface area contributed by atoms with Crippen molar-refractivity contribution in [2.75, 3.05) is 0 Å². The number of hydrogen-bond acceptors (Lipinski definition) is 4. The van der Waals surface area contributed by atoms with Crippen LogP contribution < -0.4 is 0 Å². The number of aromatic nitrogens is 1. The smallest absolute Gasteiger partial charge is 0.466 e. The van der Waals surface area contributed by atoms with Crippen molar-refractivity contribution in [1.29, 1.82) is 0 Å². The molecule has 0 saturated carbocycles. The van der Waals surface area contributed by atoms with E-state index >= 15 is 0 Å². The van der Waals surface area contributed by atoms with Crippen molar-refractivity contribution in [2.24, 2.45) is 0 Å². The van der Waals surface area contributed by atoms with E-state index in [9.17, 15) is 13.2 Å². The molecule has 3 aromatic rings. The highest BCUT2D eigenvalue weighted by Gasteiger charge is 2.52. The third-order valence-corrected chi connectivity index (χ3v) is 7.52. The second kappa shape index (κ2) is 8.28. The second-order valence-electron chi connectivity index (χ2n) is 7.76. The molecule has 1 saturated heterocycles. The Balaban J connectivity index is 1.73. The zero-order chi connectivity index (χ0) is 21.3. The summed E-state index contributed by atoms with van der Waals surface area (Å²) in [5.41, 5.74) is 2.82. The van der Waals surface area contributed by atoms with Crippen LogP contribution in [0.3, 0.4) is 0 Å². The molecule has 0 spiro atoms. The largest absolute Gasteiger partial charge is 0.518 e. The zero-order valence-corrected chi connectivity index (χ0v) is 18.0. The zero-order valence-electron chi connectivity index (χ0n) is 17.2. The van der Waals surface area contributed by atoms with Crippen molar-refractivity contribution < 1.29 is 17.9 Å². The Morgan fingerprint density at radius 1 is 1.13 bits per heavy atom. The van der Waals surface area contributed by atoms with Crippen LogP contribution >= 0.6 is 0 Å². The number of hydrogen-bond donors (Lipinski definition) is 1. The molecule has 1 fully saturated rings. The second-order valence-corrected chi connectivity index (χ2v) is 9.60. The maximum absolute atomic E-state index is 13.6. The number of carbonyl (C=O) groups is 1. The highest BCUT2D eigenvalue weighted by atomic mass is 32.2. The summed E-state index contributed by atoms with van der Waals surface area (Å²) in [7, 11) is -4.68. The number of nitrogens with zero attached hydrogens (tertiary/aromatic N) is 1. The van der Waals surface area contributed by atoms with E-state index in [2.05, 4.69) is 4.98 Å². The van der Waals surface area contributed by atoms with Crippen LogP contribution in [0.2, 0.25) is 6.32 Å². The molecule has 8 heteroatoms. The number of fused-ring (bicyclic) bond motifs is 1. The van der Waals surface area contributed by atoms with Crippen LogP contribution in [0.4, 0.5) is 0 Å². The van der Waals surface area contributed by atoms with E-state index in [1.54, 1.807) is 24.3 Å². The predicted octanol–water partition coefficient (Wildman–Crippen LogP) is 3.92. The van der Waals surface area contributed by atoms with Gasteiger partial charge in [-0.3, -0.25) is 4.79 Å². The Morgan fingerprint density at radius 3 is 2.60 bits per heavy atom. The van der Waals surface area contributed by atoms with Gasteiger partial charge in [0.1, 0.15) is 6.04 Å². The molecule has 156 valence electrons. The lowest BCUT2D eigenvalue weighted by Crippen LogP contribution is -2.46. The molecule has 1 aromatic heterocycles. The molecule has 1 aliphatic heterocycles. The Hall–Kier alpha value is -2.58. The number of benzene rings is 2. The number of sulfonamides is 1. The number of aryl methyl sites for hydroxylation is 1. The van der Waals surface area contributed by atoms with E-state index in [4.69, 9.17) is 4.65 Å². The van der Waals surface area contributed by atoms with Gasteiger partial charge in [-0.2, -0.15) is 4.22 Å². The van der Waals surface area contributed by atoms with Crippen molar-refractivity contribution >= 4 is 33.9 Å². The molecular weight excluding hydrogens is 399 g/mol. The molecule has 1 aliphatic rings. The number of H-pyrrole nitrogens is 1. The summed E-state index contributed by atoms with van der Waals surface area (Å²) in [6, 6.07) is 13.6. The summed E-state index contributed by atoms with van der Waals surface area (Å²) in [6.45, 7) is 3.93. The SMILES string of the molecule is CCCCB1OC(=O)[C@H](Cc2c[nH]c3ccccc23)N1S(=O)(=O)c1ccc(C)cc1. The number of nitrogens with one attached hydrogen (secondary N) is 1. The van der Waals surface area contributed by atoms with E-state index in [1.165, 1.54) is 4.22 Å². The minimum Gasteiger partial charge on any atom is -0.518 e. The topological polar surface area (TPSA) is 79.5 Å². The van der Waals surface area contributed by atoms with Gasteiger partial charge < -0.3 is 9.64 Å². The van der Waals surface area contributed by atoms with Gasteiger partial charge in [0, 0.05) is 23.5 Å². The molecule has 4 rings (SSSR count). The van der Waals surface area contributed by atoms with Gasteiger partial charge in [-0.1, -0.05) is 55.7 Å². The molecule has 6 nitrogen and oxygen atoms in total. The van der Waals surface area contributed by atoms with Crippen molar-refractivity contribution in [2.45, 2.75) is 50.4 Å². The Bertz CT molecular complexity index is 1160. The number of aromatic amines is 1. The lowest BCUT2D eigenvalue weighted by Gasteiger charge is -2.23. The van der Waals surface area contributed by atoms with E-state index in [0.29, 0.717) is 6.32 Å². The fourth-order valence-electron chi connectivity index (χ4n) is 3.97. The Kier molecular flexibility index (Phi) is 5.71. The Labute approximate surface area is 177 Å². The molecular formula is C22H25BN2O4S. The first-order valence-corrected chi connectivity index (χ1v) is 11.7. The number of rotatable bonds is 7. The molecule has 30 heavy (non-hydrogen) atoms. The average Bonchev–Trinajstić information content (AvgIpc) is 3.28. The maximum Gasteiger partial charge on any atom is 0.466 e. The molecule has 0 unspecified atom stereocenters. The van der Waals surface area contributed by atoms with Crippen LogP contribution in [0.25, 0.3) is 10.9 Å². The highest BCUT2D eigenvalue weighted by Crippen LogP contribution is 2.31. The number of carbonyl (C=O) groups excluding carboxylic acids is 1. The molecule has 1 atom stereocenters. The standard InChI is InChI=1S/C22H25BN2O4S/c1-3-4-13-23-25(30(27,28)18-11-9-16(2)10-12-18)21(22(26)29-23)14-17-15-24-20-8-6-5-7-19(17)20/h5-12,15,21,24H,3-4,13-14H2,1-2H3/t21-/m0/s1. The summed E-state index contributed by atoms with van der Waals surface area (Å²) in [4.78, 5) is 16.2. The van der Waals surface area contributed by atoms with E-state index < -0.39 is 29.1 Å². The fourth-order valence-corrected chi connectivity index (χ4v) is 5.65. The predicted molar refractivity (Wildman–Crippen MR) is 118 cm³/mol. The van der Waals surface area contributed by atoms with Gasteiger partial charge in [-0.05, 0) is 37.0 Å². The van der Waals surface area contributed by atoms with E-state index in [1.807, 2.05) is 44.3 Å². The monoisotopic (exact) mass is 424 g/mol. The van der Waals surface area contributed by atoms with Gasteiger partial charge in [0.15, 0.2) is 0 Å². The van der Waals surface area contributed by atoms with Crippen molar-refractivity contribution in [1.82, 2.24) is 9.20 Å². The summed E-state index contributed by atoms with van der Waals surface area (Å²) in [5.74, 6) is -0.489. The van der Waals surface area contributed by atoms with Crippen molar-refractivity contribution in [3.8, 4) is 0 Å². The minimum atomic E-state index is -3.90. The first-order chi connectivity index (χ1) is 14.4. The van der Waals surface area contributed by atoms with Crippen LogP contribution in [0.15, 0.2) is 59.6 Å². The van der Waals surface area contributed by atoms with Gasteiger partial charge in [0.05, 0.1) is 4.90 Å². The summed E-state index contributed by atoms with van der Waals surface area (Å²) < 4.78 is 34.0. The van der Waals surface area contributed by atoms with Crippen LogP contribution in [0, 0.1) is 6.92 Å². The average molecular weight is 424 g/mol. The quantitative estimate of drug-likeness (QED) is 0.583. The third-order valence-electron chi connectivity index (χ3n) is 5.60.